The van der Waals surface area contributed by atoms with Crippen LogP contribution in [-0.2, 0) is 14.6 Å². The van der Waals surface area contributed by atoms with E-state index in [1.165, 1.54) is 18.3 Å². The van der Waals surface area contributed by atoms with Crippen molar-refractivity contribution < 1.29 is 22.3 Å². The number of carbonyl (C=O) groups excluding carboxylic acids is 1. The Balaban J connectivity index is 1.49. The van der Waals surface area contributed by atoms with Crippen LogP contribution in [0, 0.1) is 5.82 Å². The molecule has 2 aliphatic heterocycles. The van der Waals surface area contributed by atoms with Crippen LogP contribution in [0.5, 0.6) is 5.88 Å². The topological polar surface area (TPSA) is 76.6 Å². The van der Waals surface area contributed by atoms with E-state index in [1.54, 1.807) is 16.7 Å². The normalized spacial score (nSPS) is 22.4. The Morgan fingerprint density at radius 3 is 2.96 bits per heavy atom. The number of aromatic nitrogens is 1. The Labute approximate surface area is 144 Å². The number of halogens is 1. The first kappa shape index (κ1) is 17.5. The molecular weight excluding hydrogens is 355 g/mol. The zero-order valence-corrected chi connectivity index (χ0v) is 14.9. The summed E-state index contributed by atoms with van der Waals surface area (Å²) >= 11 is 1.72. The van der Waals surface area contributed by atoms with Crippen molar-refractivity contribution in [3.63, 3.8) is 0 Å². The number of ether oxygens (including phenoxy) is 1. The van der Waals surface area contributed by atoms with Gasteiger partial charge in [-0.25, -0.2) is 17.8 Å². The standard InChI is InChI=1S/C15H19FN2O4S2/c1-24(20,21)6-4-13(19)18-9-15(10-18)7-11(8-23-15)22-14-12(16)3-2-5-17-14/h2-3,5,11H,4,6-10H2,1H3/t11-/m1/s1. The van der Waals surface area contributed by atoms with E-state index in [0.29, 0.717) is 13.1 Å². The lowest BCUT2D eigenvalue weighted by Gasteiger charge is -2.47. The highest BCUT2D eigenvalue weighted by Gasteiger charge is 2.51. The predicted molar refractivity (Wildman–Crippen MR) is 89.3 cm³/mol. The van der Waals surface area contributed by atoms with Crippen LogP contribution in [0.2, 0.25) is 0 Å². The van der Waals surface area contributed by atoms with E-state index in [9.17, 15) is 17.6 Å². The molecule has 3 rings (SSSR count). The van der Waals surface area contributed by atoms with E-state index in [4.69, 9.17) is 4.74 Å². The van der Waals surface area contributed by atoms with Gasteiger partial charge in [-0.2, -0.15) is 0 Å². The average Bonchev–Trinajstić information content (AvgIpc) is 2.89. The maximum Gasteiger partial charge on any atom is 0.250 e. The van der Waals surface area contributed by atoms with E-state index >= 15 is 0 Å². The number of hydrogen-bond acceptors (Lipinski definition) is 6. The van der Waals surface area contributed by atoms with Crippen LogP contribution in [-0.4, -0.2) is 65.9 Å². The molecule has 0 aliphatic carbocycles. The molecule has 0 unspecified atom stereocenters. The van der Waals surface area contributed by atoms with Gasteiger partial charge in [-0.15, -0.1) is 11.8 Å². The fourth-order valence-electron chi connectivity index (χ4n) is 2.97. The zero-order valence-electron chi connectivity index (χ0n) is 13.3. The number of amides is 1. The van der Waals surface area contributed by atoms with Gasteiger partial charge in [-0.1, -0.05) is 0 Å². The second kappa shape index (κ2) is 6.51. The fourth-order valence-corrected chi connectivity index (χ4v) is 5.04. The third kappa shape index (κ3) is 4.00. The summed E-state index contributed by atoms with van der Waals surface area (Å²) in [7, 11) is -3.13. The molecule has 0 saturated carbocycles. The molecule has 1 aromatic heterocycles. The van der Waals surface area contributed by atoms with Crippen molar-refractivity contribution in [1.29, 1.82) is 0 Å². The molecule has 3 heterocycles. The maximum atomic E-state index is 13.6. The van der Waals surface area contributed by atoms with Gasteiger partial charge in [-0.05, 0) is 12.1 Å². The minimum absolute atomic E-state index is 0.0144. The highest BCUT2D eigenvalue weighted by atomic mass is 32.2. The van der Waals surface area contributed by atoms with Crippen molar-refractivity contribution in [3.8, 4) is 5.88 Å². The van der Waals surface area contributed by atoms with E-state index < -0.39 is 15.7 Å². The molecule has 1 aromatic rings. The first-order valence-corrected chi connectivity index (χ1v) is 10.7. The molecule has 9 heteroatoms. The summed E-state index contributed by atoms with van der Waals surface area (Å²) in [5.41, 5.74) is 0. The van der Waals surface area contributed by atoms with Gasteiger partial charge >= 0.3 is 0 Å². The first-order chi connectivity index (χ1) is 11.3. The van der Waals surface area contributed by atoms with E-state index in [0.717, 1.165) is 18.4 Å². The molecule has 1 spiro atoms. The number of sulfone groups is 1. The Kier molecular flexibility index (Phi) is 4.74. The lowest BCUT2D eigenvalue weighted by molar-refractivity contribution is -0.136. The fraction of sp³-hybridized carbons (Fsp3) is 0.600. The molecule has 1 atom stereocenters. The minimum Gasteiger partial charge on any atom is -0.471 e. The molecule has 2 saturated heterocycles. The second-order valence-corrected chi connectivity index (χ2v) is 10.1. The summed E-state index contributed by atoms with van der Waals surface area (Å²) in [6, 6.07) is 2.82. The molecule has 0 N–H and O–H groups in total. The molecule has 2 fully saturated rings. The summed E-state index contributed by atoms with van der Waals surface area (Å²) in [4.78, 5) is 17.6. The smallest absolute Gasteiger partial charge is 0.250 e. The quantitative estimate of drug-likeness (QED) is 0.769. The second-order valence-electron chi connectivity index (χ2n) is 6.36. The first-order valence-electron chi connectivity index (χ1n) is 7.63. The van der Waals surface area contributed by atoms with Gasteiger partial charge in [0.15, 0.2) is 5.82 Å². The van der Waals surface area contributed by atoms with Crippen molar-refractivity contribution in [2.45, 2.75) is 23.7 Å². The largest absolute Gasteiger partial charge is 0.471 e. The van der Waals surface area contributed by atoms with E-state index in [-0.39, 0.29) is 34.8 Å². The van der Waals surface area contributed by atoms with Gasteiger partial charge in [0.05, 0.1) is 10.5 Å². The molecule has 0 radical (unpaired) electrons. The monoisotopic (exact) mass is 374 g/mol. The summed E-state index contributed by atoms with van der Waals surface area (Å²) in [6.45, 7) is 1.18. The van der Waals surface area contributed by atoms with Crippen molar-refractivity contribution in [2.75, 3.05) is 30.9 Å². The molecule has 2 aliphatic rings. The molecular formula is C15H19FN2O4S2. The SMILES string of the molecule is CS(=O)(=O)CCC(=O)N1CC2(C[C@@H](Oc3ncccc3F)CS2)C1. The van der Waals surface area contributed by atoms with Gasteiger partial charge < -0.3 is 9.64 Å². The van der Waals surface area contributed by atoms with Crippen LogP contribution >= 0.6 is 11.8 Å². The molecule has 132 valence electrons. The van der Waals surface area contributed by atoms with Crippen LogP contribution in [0.25, 0.3) is 0 Å². The zero-order chi connectivity index (χ0) is 17.4. The number of hydrogen-bond donors (Lipinski definition) is 0. The van der Waals surface area contributed by atoms with Gasteiger partial charge in [0.25, 0.3) is 5.88 Å². The number of rotatable bonds is 5. The van der Waals surface area contributed by atoms with E-state index in [2.05, 4.69) is 4.98 Å². The number of carbonyl (C=O) groups is 1. The number of pyridine rings is 1. The van der Waals surface area contributed by atoms with Crippen molar-refractivity contribution in [2.24, 2.45) is 0 Å². The number of thioether (sulfide) groups is 1. The maximum absolute atomic E-state index is 13.6. The molecule has 6 nitrogen and oxygen atoms in total. The lowest BCUT2D eigenvalue weighted by atomic mass is 9.92. The lowest BCUT2D eigenvalue weighted by Crippen LogP contribution is -2.61. The number of nitrogens with zero attached hydrogens (tertiary/aromatic N) is 2. The third-order valence-corrected chi connectivity index (χ3v) is 6.70. The van der Waals surface area contributed by atoms with Gasteiger partial charge in [0.2, 0.25) is 5.91 Å². The minimum atomic E-state index is -3.13. The third-order valence-electron chi connectivity index (χ3n) is 4.18. The molecule has 0 aromatic carbocycles. The summed E-state index contributed by atoms with van der Waals surface area (Å²) in [5.74, 6) is 0.0103. The Morgan fingerprint density at radius 2 is 2.29 bits per heavy atom. The molecule has 1 amide bonds. The van der Waals surface area contributed by atoms with Crippen LogP contribution < -0.4 is 4.74 Å². The van der Waals surface area contributed by atoms with Crippen LogP contribution in [0.3, 0.4) is 0 Å². The predicted octanol–water partition coefficient (Wildman–Crippen LogP) is 1.12. The van der Waals surface area contributed by atoms with Crippen molar-refractivity contribution in [3.05, 3.63) is 24.1 Å². The Morgan fingerprint density at radius 1 is 1.54 bits per heavy atom. The Bertz CT molecular complexity index is 735. The highest BCUT2D eigenvalue weighted by Crippen LogP contribution is 2.46. The Hall–Kier alpha value is -1.35. The summed E-state index contributed by atoms with van der Waals surface area (Å²) < 4.78 is 41.4. The van der Waals surface area contributed by atoms with Crippen LogP contribution in [0.15, 0.2) is 18.3 Å². The highest BCUT2D eigenvalue weighted by molar-refractivity contribution is 8.01. The van der Waals surface area contributed by atoms with Crippen molar-refractivity contribution in [1.82, 2.24) is 9.88 Å². The van der Waals surface area contributed by atoms with Crippen LogP contribution in [0.1, 0.15) is 12.8 Å². The van der Waals surface area contributed by atoms with Gasteiger partial charge in [0.1, 0.15) is 15.9 Å². The summed E-state index contributed by atoms with van der Waals surface area (Å²) in [5, 5.41) is 0. The molecule has 24 heavy (non-hydrogen) atoms. The number of likely N-dealkylation sites (tertiary alicyclic amines) is 1. The van der Waals surface area contributed by atoms with E-state index in [1.807, 2.05) is 0 Å². The van der Waals surface area contributed by atoms with Crippen LogP contribution in [0.4, 0.5) is 4.39 Å². The summed E-state index contributed by atoms with van der Waals surface area (Å²) in [6.07, 6.45) is 3.24. The van der Waals surface area contributed by atoms with Gasteiger partial charge in [0, 0.05) is 44.1 Å². The average molecular weight is 374 g/mol. The van der Waals surface area contributed by atoms with Gasteiger partial charge in [-0.3, -0.25) is 4.79 Å². The molecule has 0 bridgehead atoms. The van der Waals surface area contributed by atoms with Crippen molar-refractivity contribution >= 4 is 27.5 Å².